The molecule has 0 heterocycles. The molecule has 0 saturated heterocycles. The summed E-state index contributed by atoms with van der Waals surface area (Å²) in [5.74, 6) is -0.431. The van der Waals surface area contributed by atoms with Crippen LogP contribution in [0, 0.1) is 0 Å². The molecule has 0 saturated carbocycles. The van der Waals surface area contributed by atoms with Crippen molar-refractivity contribution in [1.29, 1.82) is 0 Å². The molecule has 0 spiro atoms. The molecule has 4 nitrogen and oxygen atoms in total. The van der Waals surface area contributed by atoms with E-state index in [2.05, 4.69) is 0 Å². The van der Waals surface area contributed by atoms with Crippen molar-refractivity contribution in [1.82, 2.24) is 0 Å². The third-order valence-electron chi connectivity index (χ3n) is 4.76. The molecule has 0 aliphatic carbocycles. The highest BCUT2D eigenvalue weighted by atomic mass is 16.5. The molecule has 144 valence electrons. The summed E-state index contributed by atoms with van der Waals surface area (Å²) in [6.45, 7) is 0.0754. The van der Waals surface area contributed by atoms with Gasteiger partial charge in [-0.1, -0.05) is 91.0 Å². The Hall–Kier alpha value is -2.95. The molecule has 0 aliphatic rings. The highest BCUT2D eigenvalue weighted by molar-refractivity contribution is 5.73. The second-order valence-corrected chi connectivity index (χ2v) is 6.75. The summed E-state index contributed by atoms with van der Waals surface area (Å²) in [4.78, 5) is 11.0. The van der Waals surface area contributed by atoms with Crippen molar-refractivity contribution in [3.8, 4) is 0 Å². The van der Waals surface area contributed by atoms with E-state index < -0.39 is 17.6 Å². The van der Waals surface area contributed by atoms with Crippen LogP contribution in [0.1, 0.15) is 29.5 Å². The number of nitrogens with two attached hydrogens (primary N) is 1. The first-order valence-electron chi connectivity index (χ1n) is 9.40. The fourth-order valence-electron chi connectivity index (χ4n) is 3.38. The molecule has 28 heavy (non-hydrogen) atoms. The summed E-state index contributed by atoms with van der Waals surface area (Å²) in [5, 5.41) is 10.4. The monoisotopic (exact) mass is 375 g/mol. The normalized spacial score (nSPS) is 12.5. The van der Waals surface area contributed by atoms with Gasteiger partial charge in [0.2, 0.25) is 5.91 Å². The summed E-state index contributed by atoms with van der Waals surface area (Å²) in [6, 6.07) is 29.9. The number of carbonyl (C=O) groups excluding carboxylic acids is 1. The van der Waals surface area contributed by atoms with Gasteiger partial charge in [-0.2, -0.15) is 0 Å². The van der Waals surface area contributed by atoms with Gasteiger partial charge in [0.25, 0.3) is 0 Å². The SMILES string of the molecule is NC(=O)CC[C@@H](O)COC(c1ccccc1)(c1ccccc1)c1ccccc1. The van der Waals surface area contributed by atoms with Gasteiger partial charge in [0.1, 0.15) is 5.60 Å². The lowest BCUT2D eigenvalue weighted by molar-refractivity contribution is -0.119. The average molecular weight is 375 g/mol. The van der Waals surface area contributed by atoms with Gasteiger partial charge < -0.3 is 15.6 Å². The number of ether oxygens (including phenoxy) is 1. The zero-order valence-electron chi connectivity index (χ0n) is 15.7. The molecule has 0 bridgehead atoms. The molecular weight excluding hydrogens is 350 g/mol. The van der Waals surface area contributed by atoms with Gasteiger partial charge in [-0.3, -0.25) is 4.79 Å². The lowest BCUT2D eigenvalue weighted by Crippen LogP contribution is -2.36. The van der Waals surface area contributed by atoms with Crippen LogP contribution in [-0.4, -0.2) is 23.7 Å². The van der Waals surface area contributed by atoms with Crippen LogP contribution in [-0.2, 0) is 15.1 Å². The van der Waals surface area contributed by atoms with Gasteiger partial charge in [-0.05, 0) is 23.1 Å². The Morgan fingerprint density at radius 2 is 1.21 bits per heavy atom. The number of hydrogen-bond donors (Lipinski definition) is 2. The van der Waals surface area contributed by atoms with Crippen molar-refractivity contribution in [3.63, 3.8) is 0 Å². The smallest absolute Gasteiger partial charge is 0.217 e. The molecule has 3 rings (SSSR count). The zero-order valence-corrected chi connectivity index (χ0v) is 15.7. The van der Waals surface area contributed by atoms with Crippen molar-refractivity contribution in [2.45, 2.75) is 24.5 Å². The van der Waals surface area contributed by atoms with E-state index in [-0.39, 0.29) is 19.4 Å². The Labute approximate surface area is 165 Å². The van der Waals surface area contributed by atoms with E-state index in [1.54, 1.807) is 0 Å². The second kappa shape index (κ2) is 9.31. The standard InChI is InChI=1S/C24H25NO3/c25-23(27)17-16-22(26)18-28-24(19-10-4-1-5-11-19,20-12-6-2-7-13-20)21-14-8-3-9-15-21/h1-15,22,26H,16-18H2,(H2,25,27)/t22-/m1/s1. The maximum Gasteiger partial charge on any atom is 0.217 e. The predicted octanol–water partition coefficient (Wildman–Crippen LogP) is 3.62. The number of aliphatic hydroxyl groups is 1. The van der Waals surface area contributed by atoms with E-state index in [1.807, 2.05) is 91.0 Å². The highest BCUT2D eigenvalue weighted by Gasteiger charge is 2.37. The lowest BCUT2D eigenvalue weighted by Gasteiger charge is -2.36. The summed E-state index contributed by atoms with van der Waals surface area (Å²) in [7, 11) is 0. The minimum absolute atomic E-state index is 0.0754. The number of rotatable bonds is 9. The van der Waals surface area contributed by atoms with E-state index in [1.165, 1.54) is 0 Å². The zero-order chi connectivity index (χ0) is 19.8. The molecule has 1 atom stereocenters. The summed E-state index contributed by atoms with van der Waals surface area (Å²) in [6.07, 6.45) is -0.397. The van der Waals surface area contributed by atoms with E-state index >= 15 is 0 Å². The van der Waals surface area contributed by atoms with Crippen LogP contribution < -0.4 is 5.73 Å². The number of benzene rings is 3. The van der Waals surface area contributed by atoms with Crippen LogP contribution in [0.5, 0.6) is 0 Å². The minimum Gasteiger partial charge on any atom is -0.391 e. The van der Waals surface area contributed by atoms with Gasteiger partial charge in [-0.25, -0.2) is 0 Å². The number of hydrogen-bond acceptors (Lipinski definition) is 3. The Balaban J connectivity index is 2.05. The molecule has 0 unspecified atom stereocenters. The Bertz CT molecular complexity index is 769. The first-order chi connectivity index (χ1) is 13.6. The van der Waals surface area contributed by atoms with Crippen LogP contribution in [0.4, 0.5) is 0 Å². The van der Waals surface area contributed by atoms with E-state index in [0.717, 1.165) is 16.7 Å². The number of carbonyl (C=O) groups is 1. The number of amides is 1. The molecule has 3 N–H and O–H groups in total. The Morgan fingerprint density at radius 1 is 0.821 bits per heavy atom. The van der Waals surface area contributed by atoms with Crippen molar-refractivity contribution < 1.29 is 14.6 Å². The summed E-state index contributed by atoms with van der Waals surface area (Å²) in [5.41, 5.74) is 7.23. The van der Waals surface area contributed by atoms with Crippen LogP contribution >= 0.6 is 0 Å². The van der Waals surface area contributed by atoms with Crippen LogP contribution in [0.3, 0.4) is 0 Å². The maximum absolute atomic E-state index is 11.0. The van der Waals surface area contributed by atoms with Crippen molar-refractivity contribution >= 4 is 5.91 Å². The first-order valence-corrected chi connectivity index (χ1v) is 9.40. The minimum atomic E-state index is -0.877. The van der Waals surface area contributed by atoms with Gasteiger partial charge in [0, 0.05) is 6.42 Å². The van der Waals surface area contributed by atoms with Crippen molar-refractivity contribution in [2.24, 2.45) is 5.73 Å². The first kappa shape index (κ1) is 19.8. The molecular formula is C24H25NO3. The topological polar surface area (TPSA) is 72.6 Å². The lowest BCUT2D eigenvalue weighted by atomic mass is 9.80. The van der Waals surface area contributed by atoms with E-state index in [9.17, 15) is 9.90 Å². The Kier molecular flexibility index (Phi) is 6.58. The van der Waals surface area contributed by atoms with Crippen LogP contribution in [0.25, 0.3) is 0 Å². The summed E-state index contributed by atoms with van der Waals surface area (Å²) < 4.78 is 6.48. The molecule has 0 fully saturated rings. The van der Waals surface area contributed by atoms with Gasteiger partial charge in [0.15, 0.2) is 0 Å². The van der Waals surface area contributed by atoms with Gasteiger partial charge in [-0.15, -0.1) is 0 Å². The molecule has 3 aromatic rings. The number of aliphatic hydroxyl groups excluding tert-OH is 1. The summed E-state index contributed by atoms with van der Waals surface area (Å²) >= 11 is 0. The largest absolute Gasteiger partial charge is 0.391 e. The van der Waals surface area contributed by atoms with E-state index in [0.29, 0.717) is 0 Å². The average Bonchev–Trinajstić information content (AvgIpc) is 2.75. The van der Waals surface area contributed by atoms with Gasteiger partial charge >= 0.3 is 0 Å². The van der Waals surface area contributed by atoms with Crippen molar-refractivity contribution in [2.75, 3.05) is 6.61 Å². The number of primary amides is 1. The third-order valence-corrected chi connectivity index (χ3v) is 4.76. The maximum atomic E-state index is 11.0. The van der Waals surface area contributed by atoms with Gasteiger partial charge in [0.05, 0.1) is 12.7 Å². The third kappa shape index (κ3) is 4.47. The second-order valence-electron chi connectivity index (χ2n) is 6.75. The van der Waals surface area contributed by atoms with Crippen LogP contribution in [0.2, 0.25) is 0 Å². The molecule has 1 amide bonds. The van der Waals surface area contributed by atoms with E-state index in [4.69, 9.17) is 10.5 Å². The highest BCUT2D eigenvalue weighted by Crippen LogP contribution is 2.40. The molecule has 0 aromatic heterocycles. The fraction of sp³-hybridized carbons (Fsp3) is 0.208. The molecule has 0 aliphatic heterocycles. The predicted molar refractivity (Wildman–Crippen MR) is 110 cm³/mol. The Morgan fingerprint density at radius 3 is 1.57 bits per heavy atom. The van der Waals surface area contributed by atoms with Crippen LogP contribution in [0.15, 0.2) is 91.0 Å². The molecule has 4 heteroatoms. The quantitative estimate of drug-likeness (QED) is 0.561. The fourth-order valence-corrected chi connectivity index (χ4v) is 3.38. The molecule has 3 aromatic carbocycles. The van der Waals surface area contributed by atoms with Crippen molar-refractivity contribution in [3.05, 3.63) is 108 Å². The molecule has 0 radical (unpaired) electrons.